The Labute approximate surface area is 175 Å². The van der Waals surface area contributed by atoms with Crippen LogP contribution >= 0.6 is 11.8 Å². The summed E-state index contributed by atoms with van der Waals surface area (Å²) in [7, 11) is 0. The Morgan fingerprint density at radius 2 is 1.89 bits per heavy atom. The Kier molecular flexibility index (Phi) is 5.34. The second-order valence-electron chi connectivity index (χ2n) is 9.70. The molecule has 28 heavy (non-hydrogen) atoms. The minimum absolute atomic E-state index is 0.590. The molecule has 0 saturated carbocycles. The third-order valence-electron chi connectivity index (χ3n) is 7.80. The van der Waals surface area contributed by atoms with Gasteiger partial charge in [-0.2, -0.15) is 0 Å². The molecule has 1 saturated heterocycles. The lowest BCUT2D eigenvalue weighted by atomic mass is 9.67. The summed E-state index contributed by atoms with van der Waals surface area (Å²) in [4.78, 5) is 0. The average molecular weight is 394 g/mol. The van der Waals surface area contributed by atoms with E-state index in [4.69, 9.17) is 0 Å². The van der Waals surface area contributed by atoms with E-state index in [9.17, 15) is 0 Å². The van der Waals surface area contributed by atoms with Gasteiger partial charge in [-0.25, -0.2) is 0 Å². The molecule has 0 radical (unpaired) electrons. The topological polar surface area (TPSA) is 12.0 Å². The van der Waals surface area contributed by atoms with Crippen molar-refractivity contribution in [3.8, 4) is 0 Å². The average Bonchev–Trinajstić information content (AvgIpc) is 3.13. The highest BCUT2D eigenvalue weighted by Crippen LogP contribution is 2.56. The standard InChI is InChI=1S/C26H35NS/c1-17(2)24-15-22(23(16-27-24)18-9-4-3-5-10-18)21-13-8-12-20-19-11-6-7-14-25(19)28-26(20)21/h3-5,7,9,13-15,17-20,22-23,25-27H,6,8,10-12,16H2,1-2H3. The van der Waals surface area contributed by atoms with E-state index in [0.29, 0.717) is 23.7 Å². The zero-order valence-corrected chi connectivity index (χ0v) is 18.2. The fourth-order valence-electron chi connectivity index (χ4n) is 6.31. The van der Waals surface area contributed by atoms with Gasteiger partial charge in [-0.3, -0.25) is 0 Å². The maximum Gasteiger partial charge on any atom is 0.0299 e. The molecule has 2 aliphatic heterocycles. The molecule has 150 valence electrons. The van der Waals surface area contributed by atoms with Crippen molar-refractivity contribution in [2.75, 3.05) is 6.54 Å². The molecule has 3 aliphatic carbocycles. The third kappa shape index (κ3) is 3.36. The molecule has 1 fully saturated rings. The molecule has 7 atom stereocenters. The van der Waals surface area contributed by atoms with Crippen LogP contribution in [0.25, 0.3) is 0 Å². The summed E-state index contributed by atoms with van der Waals surface area (Å²) >= 11 is 2.30. The molecule has 0 spiro atoms. The molecule has 1 nitrogen and oxygen atoms in total. The van der Waals surface area contributed by atoms with Gasteiger partial charge in [0.1, 0.15) is 0 Å². The van der Waals surface area contributed by atoms with Crippen molar-refractivity contribution < 1.29 is 0 Å². The fraction of sp³-hybridized carbons (Fsp3) is 0.615. The molecule has 2 heterocycles. The molecular weight excluding hydrogens is 358 g/mol. The van der Waals surface area contributed by atoms with Gasteiger partial charge in [0.05, 0.1) is 0 Å². The predicted molar refractivity (Wildman–Crippen MR) is 122 cm³/mol. The highest BCUT2D eigenvalue weighted by molar-refractivity contribution is 8.01. The van der Waals surface area contributed by atoms with Gasteiger partial charge in [0.15, 0.2) is 0 Å². The fourth-order valence-corrected chi connectivity index (χ4v) is 8.34. The van der Waals surface area contributed by atoms with Crippen LogP contribution in [0.3, 0.4) is 0 Å². The lowest BCUT2D eigenvalue weighted by molar-refractivity contribution is 0.269. The summed E-state index contributed by atoms with van der Waals surface area (Å²) in [6, 6.07) is 0. The van der Waals surface area contributed by atoms with Crippen molar-refractivity contribution in [2.45, 2.75) is 56.5 Å². The van der Waals surface area contributed by atoms with Gasteiger partial charge in [-0.1, -0.05) is 68.0 Å². The van der Waals surface area contributed by atoms with Crippen LogP contribution in [0.2, 0.25) is 0 Å². The van der Waals surface area contributed by atoms with Gasteiger partial charge < -0.3 is 5.32 Å². The van der Waals surface area contributed by atoms with Crippen LogP contribution in [0.5, 0.6) is 0 Å². The van der Waals surface area contributed by atoms with E-state index in [1.165, 1.54) is 37.8 Å². The SMILES string of the molecule is CC(C)C1=CC(C2=CCCC3C2SC2C=CCCC23)C(C2C=CC=CC2)CN1. The summed E-state index contributed by atoms with van der Waals surface area (Å²) < 4.78 is 0. The molecule has 0 bridgehead atoms. The zero-order valence-electron chi connectivity index (χ0n) is 17.4. The Hall–Kier alpha value is -1.15. The number of thioether (sulfide) groups is 1. The molecule has 0 aromatic rings. The van der Waals surface area contributed by atoms with E-state index in [1.54, 1.807) is 5.57 Å². The van der Waals surface area contributed by atoms with E-state index in [1.807, 2.05) is 0 Å². The van der Waals surface area contributed by atoms with Crippen LogP contribution in [0.4, 0.5) is 0 Å². The Morgan fingerprint density at radius 1 is 1.00 bits per heavy atom. The monoisotopic (exact) mass is 393 g/mol. The van der Waals surface area contributed by atoms with E-state index in [0.717, 1.165) is 28.9 Å². The van der Waals surface area contributed by atoms with Crippen LogP contribution in [0, 0.1) is 35.5 Å². The van der Waals surface area contributed by atoms with E-state index < -0.39 is 0 Å². The van der Waals surface area contributed by atoms with Crippen molar-refractivity contribution >= 4 is 11.8 Å². The Morgan fingerprint density at radius 3 is 2.71 bits per heavy atom. The number of hydrogen-bond acceptors (Lipinski definition) is 2. The first-order valence-electron chi connectivity index (χ1n) is 11.5. The molecule has 5 aliphatic rings. The Bertz CT molecular complexity index is 740. The minimum atomic E-state index is 0.590. The van der Waals surface area contributed by atoms with Crippen LogP contribution in [0.1, 0.15) is 46.0 Å². The smallest absolute Gasteiger partial charge is 0.0299 e. The molecule has 1 N–H and O–H groups in total. The summed E-state index contributed by atoms with van der Waals surface area (Å²) in [6.45, 7) is 5.80. The first-order chi connectivity index (χ1) is 13.7. The van der Waals surface area contributed by atoms with Crippen molar-refractivity contribution in [3.05, 3.63) is 59.9 Å². The minimum Gasteiger partial charge on any atom is -0.388 e. The molecular formula is C26H35NS. The molecule has 5 rings (SSSR count). The number of allylic oxidation sites excluding steroid dienone is 8. The molecule has 0 aromatic heterocycles. The van der Waals surface area contributed by atoms with E-state index >= 15 is 0 Å². The van der Waals surface area contributed by atoms with Gasteiger partial charge in [-0.05, 0) is 61.7 Å². The quantitative estimate of drug-likeness (QED) is 0.566. The number of rotatable bonds is 3. The Balaban J connectivity index is 1.47. The van der Waals surface area contributed by atoms with Crippen LogP contribution in [0.15, 0.2) is 59.9 Å². The predicted octanol–water partition coefficient (Wildman–Crippen LogP) is 6.28. The van der Waals surface area contributed by atoms with Gasteiger partial charge in [0.25, 0.3) is 0 Å². The summed E-state index contributed by atoms with van der Waals surface area (Å²) in [5.41, 5.74) is 3.26. The van der Waals surface area contributed by atoms with Gasteiger partial charge in [-0.15, -0.1) is 11.8 Å². The van der Waals surface area contributed by atoms with Gasteiger partial charge in [0.2, 0.25) is 0 Å². The summed E-state index contributed by atoms with van der Waals surface area (Å²) in [6.07, 6.45) is 26.2. The second-order valence-corrected chi connectivity index (χ2v) is 11.0. The number of fused-ring (bicyclic) bond motifs is 3. The maximum absolute atomic E-state index is 3.80. The molecule has 2 heteroatoms. The number of nitrogens with one attached hydrogen (secondary N) is 1. The molecule has 0 amide bonds. The van der Waals surface area contributed by atoms with Crippen molar-refractivity contribution in [3.63, 3.8) is 0 Å². The highest BCUT2D eigenvalue weighted by atomic mass is 32.2. The van der Waals surface area contributed by atoms with Gasteiger partial charge >= 0.3 is 0 Å². The van der Waals surface area contributed by atoms with Crippen molar-refractivity contribution in [1.82, 2.24) is 5.32 Å². The highest BCUT2D eigenvalue weighted by Gasteiger charge is 2.48. The van der Waals surface area contributed by atoms with E-state index in [2.05, 4.69) is 79.5 Å². The molecule has 0 aromatic carbocycles. The maximum atomic E-state index is 3.80. The van der Waals surface area contributed by atoms with Gasteiger partial charge in [0, 0.05) is 28.7 Å². The summed E-state index contributed by atoms with van der Waals surface area (Å²) in [5.74, 6) is 4.40. The van der Waals surface area contributed by atoms with Crippen molar-refractivity contribution in [2.24, 2.45) is 35.5 Å². The number of hydrogen-bond donors (Lipinski definition) is 1. The van der Waals surface area contributed by atoms with Crippen molar-refractivity contribution in [1.29, 1.82) is 0 Å². The van der Waals surface area contributed by atoms with Crippen LogP contribution < -0.4 is 5.32 Å². The van der Waals surface area contributed by atoms with E-state index in [-0.39, 0.29) is 0 Å². The lowest BCUT2D eigenvalue weighted by Crippen LogP contribution is -2.41. The molecule has 7 unspecified atom stereocenters. The van der Waals surface area contributed by atoms with Crippen LogP contribution in [-0.4, -0.2) is 17.0 Å². The first-order valence-corrected chi connectivity index (χ1v) is 12.5. The first kappa shape index (κ1) is 18.9. The lowest BCUT2D eigenvalue weighted by Gasteiger charge is -2.42. The van der Waals surface area contributed by atoms with Crippen LogP contribution in [-0.2, 0) is 0 Å². The second kappa shape index (κ2) is 7.94. The third-order valence-corrected chi connectivity index (χ3v) is 9.53. The summed E-state index contributed by atoms with van der Waals surface area (Å²) in [5, 5.41) is 5.33. The largest absolute Gasteiger partial charge is 0.388 e. The zero-order chi connectivity index (χ0) is 19.1. The normalized spacial score (nSPS) is 41.9.